The summed E-state index contributed by atoms with van der Waals surface area (Å²) in [4.78, 5) is 0. The molecule has 0 bridgehead atoms. The Morgan fingerprint density at radius 3 is 2.15 bits per heavy atom. The molecule has 0 saturated heterocycles. The van der Waals surface area contributed by atoms with Gasteiger partial charge in [-0.1, -0.05) is 162 Å². The molecule has 0 aromatic heterocycles. The van der Waals surface area contributed by atoms with Crippen molar-refractivity contribution < 1.29 is 0 Å². The third-order valence-corrected chi connectivity index (χ3v) is 8.12. The second-order valence-corrected chi connectivity index (χ2v) is 10.8. The maximum absolute atomic E-state index is 4.70. The molecule has 0 radical (unpaired) electrons. The van der Waals surface area contributed by atoms with Gasteiger partial charge in [0.1, 0.15) is 0 Å². The molecule has 1 aliphatic rings. The molecule has 1 aliphatic carbocycles. The monoisotopic (exact) mass is 614 g/mol. The summed E-state index contributed by atoms with van der Waals surface area (Å²) < 4.78 is 0. The maximum Gasteiger partial charge on any atom is -0.00210 e. The second kappa shape index (κ2) is 18.6. The van der Waals surface area contributed by atoms with Crippen LogP contribution in [0.15, 0.2) is 158 Å². The van der Waals surface area contributed by atoms with Crippen molar-refractivity contribution in [2.24, 2.45) is 0 Å². The predicted octanol–water partition coefficient (Wildman–Crippen LogP) is 13.5. The number of aryl methyl sites for hydroxylation is 1. The van der Waals surface area contributed by atoms with Crippen molar-refractivity contribution in [1.82, 2.24) is 0 Å². The first-order valence-corrected chi connectivity index (χ1v) is 15.5. The van der Waals surface area contributed by atoms with Crippen LogP contribution in [0.5, 0.6) is 0 Å². The average molecular weight is 615 g/mol. The zero-order valence-electron chi connectivity index (χ0n) is 26.6. The van der Waals surface area contributed by atoms with Gasteiger partial charge >= 0.3 is 0 Å². The number of hydrogen-bond acceptors (Lipinski definition) is 0. The smallest absolute Gasteiger partial charge is 0.00210 e. The molecule has 0 amide bonds. The lowest BCUT2D eigenvalue weighted by Gasteiger charge is -2.22. The standard InChI is InChI=1S/C43H40.C2H2.2CH4/c1-6-17-32(9-4)36(19-8-3)30-31(5)42-40-25-16-15-24-38(40)39(28-26-33(18-7-2)34-20-11-10-12-21-34)41-29-27-35-22-13-14-23-37(35)43(41)42;1-2;;/h6-12,14-21,23-27,29-30H,1,4-5,13,22,28H2,2-3H3;1-2H;2*1H4/b18-7-,19-8-,32-17+,33-26+,36-30+;;;. The summed E-state index contributed by atoms with van der Waals surface area (Å²) in [6.07, 6.45) is 34.4. The average Bonchev–Trinajstić information content (AvgIpc) is 3.09. The van der Waals surface area contributed by atoms with Crippen molar-refractivity contribution in [3.8, 4) is 12.8 Å². The maximum atomic E-state index is 4.70. The van der Waals surface area contributed by atoms with Crippen LogP contribution in [0.3, 0.4) is 0 Å². The minimum Gasteiger partial charge on any atom is -0.124 e. The fraction of sp³-hybridized carbons (Fsp3) is 0.149. The van der Waals surface area contributed by atoms with E-state index < -0.39 is 0 Å². The van der Waals surface area contributed by atoms with Crippen LogP contribution in [0.1, 0.15) is 62.9 Å². The van der Waals surface area contributed by atoms with Crippen LogP contribution in [-0.4, -0.2) is 0 Å². The largest absolute Gasteiger partial charge is 0.124 e. The van der Waals surface area contributed by atoms with E-state index in [9.17, 15) is 0 Å². The Hall–Kier alpha value is -5.38. The zero-order chi connectivity index (χ0) is 32.2. The molecule has 0 saturated carbocycles. The van der Waals surface area contributed by atoms with Crippen molar-refractivity contribution in [3.05, 3.63) is 186 Å². The van der Waals surface area contributed by atoms with Gasteiger partial charge in [0, 0.05) is 0 Å². The highest BCUT2D eigenvalue weighted by Crippen LogP contribution is 2.42. The quantitative estimate of drug-likeness (QED) is 0.0947. The minimum atomic E-state index is 0. The first-order valence-electron chi connectivity index (χ1n) is 15.5. The first kappa shape index (κ1) is 37.8. The fourth-order valence-electron chi connectivity index (χ4n) is 6.21. The molecule has 0 N–H and O–H groups in total. The normalized spacial score (nSPS) is 13.0. The lowest BCUT2D eigenvalue weighted by atomic mass is 9.82. The van der Waals surface area contributed by atoms with Crippen molar-refractivity contribution in [3.63, 3.8) is 0 Å². The molecule has 0 aliphatic heterocycles. The van der Waals surface area contributed by atoms with Crippen LogP contribution >= 0.6 is 0 Å². The highest BCUT2D eigenvalue weighted by atomic mass is 14.2. The van der Waals surface area contributed by atoms with Gasteiger partial charge < -0.3 is 0 Å². The SMILES string of the molecule is C.C.C#C.C=C/C=C(C=C)/C(/C=C\C)=C/C(=C)c1c2ccccc2c(C/C=C(\C=C/C)c2ccccc2)c2ccc3c(c12)C=CCC3. The van der Waals surface area contributed by atoms with Crippen LogP contribution in [0, 0.1) is 12.8 Å². The molecule has 47 heavy (non-hydrogen) atoms. The van der Waals surface area contributed by atoms with Crippen LogP contribution in [0.4, 0.5) is 0 Å². The van der Waals surface area contributed by atoms with Gasteiger partial charge in [0.15, 0.2) is 0 Å². The van der Waals surface area contributed by atoms with E-state index in [0.29, 0.717) is 0 Å². The van der Waals surface area contributed by atoms with Crippen LogP contribution < -0.4 is 0 Å². The van der Waals surface area contributed by atoms with E-state index in [1.807, 2.05) is 25.2 Å². The van der Waals surface area contributed by atoms with Gasteiger partial charge in [-0.25, -0.2) is 0 Å². The minimum absolute atomic E-state index is 0. The van der Waals surface area contributed by atoms with Crippen LogP contribution in [-0.2, 0) is 12.8 Å². The molecular weight excluding hydrogens is 565 g/mol. The third-order valence-electron chi connectivity index (χ3n) is 8.12. The predicted molar refractivity (Wildman–Crippen MR) is 216 cm³/mol. The Bertz CT molecular complexity index is 1920. The van der Waals surface area contributed by atoms with Crippen molar-refractivity contribution in [1.29, 1.82) is 0 Å². The molecule has 4 aromatic rings. The third kappa shape index (κ3) is 8.26. The Labute approximate surface area is 285 Å². The van der Waals surface area contributed by atoms with Gasteiger partial charge in [-0.2, -0.15) is 0 Å². The highest BCUT2D eigenvalue weighted by molar-refractivity contribution is 6.15. The number of fused-ring (bicyclic) bond motifs is 4. The van der Waals surface area contributed by atoms with Gasteiger partial charge in [0.2, 0.25) is 0 Å². The van der Waals surface area contributed by atoms with Crippen LogP contribution in [0.2, 0.25) is 0 Å². The Morgan fingerprint density at radius 2 is 1.49 bits per heavy atom. The molecule has 4 aromatic carbocycles. The van der Waals surface area contributed by atoms with E-state index in [1.165, 1.54) is 54.9 Å². The summed E-state index contributed by atoms with van der Waals surface area (Å²) in [5.41, 5.74) is 10.8. The molecule has 0 heterocycles. The Morgan fingerprint density at radius 1 is 0.809 bits per heavy atom. The van der Waals surface area contributed by atoms with E-state index >= 15 is 0 Å². The Balaban J connectivity index is 0.00000188. The topological polar surface area (TPSA) is 0 Å². The van der Waals surface area contributed by atoms with E-state index in [-0.39, 0.29) is 14.9 Å². The second-order valence-electron chi connectivity index (χ2n) is 10.8. The highest BCUT2D eigenvalue weighted by Gasteiger charge is 2.20. The number of benzene rings is 4. The molecule has 0 fully saturated rings. The molecule has 0 heteroatoms. The number of hydrogen-bond donors (Lipinski definition) is 0. The van der Waals surface area contributed by atoms with Gasteiger partial charge in [-0.3, -0.25) is 0 Å². The lowest BCUT2D eigenvalue weighted by Crippen LogP contribution is -2.01. The number of rotatable bonds is 10. The first-order chi connectivity index (χ1) is 22.1. The molecule has 0 unspecified atom stereocenters. The van der Waals surface area contributed by atoms with Crippen molar-refractivity contribution in [2.45, 2.75) is 48.0 Å². The summed E-state index contributed by atoms with van der Waals surface area (Å²) in [6, 6.07) is 24.2. The molecule has 238 valence electrons. The summed E-state index contributed by atoms with van der Waals surface area (Å²) in [5.74, 6) is 0. The summed E-state index contributed by atoms with van der Waals surface area (Å²) in [7, 11) is 0. The lowest BCUT2D eigenvalue weighted by molar-refractivity contribution is 0.989. The summed E-state index contributed by atoms with van der Waals surface area (Å²) in [5, 5.41) is 5.07. The van der Waals surface area contributed by atoms with E-state index in [0.717, 1.165) is 36.0 Å². The summed E-state index contributed by atoms with van der Waals surface area (Å²) >= 11 is 0. The van der Waals surface area contributed by atoms with E-state index in [4.69, 9.17) is 6.58 Å². The van der Waals surface area contributed by atoms with E-state index in [2.05, 4.69) is 148 Å². The van der Waals surface area contributed by atoms with Crippen molar-refractivity contribution >= 4 is 38.8 Å². The van der Waals surface area contributed by atoms with Gasteiger partial charge in [0.25, 0.3) is 0 Å². The van der Waals surface area contributed by atoms with Gasteiger partial charge in [-0.05, 0) is 111 Å². The molecule has 0 atom stereocenters. The number of terminal acetylenes is 1. The zero-order valence-corrected chi connectivity index (χ0v) is 26.6. The fourth-order valence-corrected chi connectivity index (χ4v) is 6.21. The molecule has 0 spiro atoms. The van der Waals surface area contributed by atoms with Gasteiger partial charge in [-0.15, -0.1) is 12.8 Å². The molecule has 5 rings (SSSR count). The molecule has 0 nitrogen and oxygen atoms in total. The van der Waals surface area contributed by atoms with Crippen LogP contribution in [0.25, 0.3) is 38.8 Å². The van der Waals surface area contributed by atoms with Crippen molar-refractivity contribution in [2.75, 3.05) is 0 Å². The number of allylic oxidation sites excluding steroid dienone is 14. The van der Waals surface area contributed by atoms with Gasteiger partial charge in [0.05, 0.1) is 0 Å². The molecular formula is C47H50. The summed E-state index contributed by atoms with van der Waals surface area (Å²) in [6.45, 7) is 16.8. The Kier molecular flexibility index (Phi) is 14.9. The van der Waals surface area contributed by atoms with E-state index in [1.54, 1.807) is 0 Å².